The number of carbonyl (C=O) groups excluding carboxylic acids is 3. The number of aromatic nitrogens is 2. The number of β-amino-alcohol motifs (C(OH)–C–C–N with tert-alkyl or cyclic N) is 1. The van der Waals surface area contributed by atoms with Gasteiger partial charge in [-0.2, -0.15) is 0 Å². The summed E-state index contributed by atoms with van der Waals surface area (Å²) in [6.07, 6.45) is 5.99. The van der Waals surface area contributed by atoms with Gasteiger partial charge in [0, 0.05) is 39.0 Å². The monoisotopic (exact) mass is 470 g/mol. The SMILES string of the molecule is CN(CC1(O)CCCN(c2cnccn2)C1)C(=O)CCC1(c2ccc(F)cc2)NC(=O)NC1=O. The minimum Gasteiger partial charge on any atom is -0.386 e. The fraction of sp³-hybridized carbons (Fsp3) is 0.435. The van der Waals surface area contributed by atoms with Crippen LogP contribution in [0.3, 0.4) is 0 Å². The third-order valence-electron chi connectivity index (χ3n) is 6.38. The second-order valence-electron chi connectivity index (χ2n) is 8.88. The van der Waals surface area contributed by atoms with Crippen LogP contribution in [0, 0.1) is 5.82 Å². The number of carbonyl (C=O) groups is 3. The number of piperidine rings is 1. The van der Waals surface area contributed by atoms with Gasteiger partial charge in [-0.05, 0) is 37.0 Å². The van der Waals surface area contributed by atoms with E-state index in [0.717, 1.165) is 13.0 Å². The predicted octanol–water partition coefficient (Wildman–Crippen LogP) is 0.920. The summed E-state index contributed by atoms with van der Waals surface area (Å²) in [6.45, 7) is 1.14. The molecule has 11 heteroatoms. The topological polar surface area (TPSA) is 128 Å². The third kappa shape index (κ3) is 4.84. The number of nitrogens with one attached hydrogen (secondary N) is 2. The maximum Gasteiger partial charge on any atom is 0.322 e. The number of benzene rings is 1. The number of aliphatic hydroxyl groups is 1. The van der Waals surface area contributed by atoms with Crippen molar-refractivity contribution in [2.45, 2.75) is 36.8 Å². The van der Waals surface area contributed by atoms with Crippen LogP contribution in [0.25, 0.3) is 0 Å². The van der Waals surface area contributed by atoms with Crippen molar-refractivity contribution in [3.8, 4) is 0 Å². The van der Waals surface area contributed by atoms with Crippen molar-refractivity contribution >= 4 is 23.7 Å². The van der Waals surface area contributed by atoms with E-state index in [9.17, 15) is 23.9 Å². The molecule has 180 valence electrons. The first-order valence-corrected chi connectivity index (χ1v) is 11.1. The first-order chi connectivity index (χ1) is 16.2. The van der Waals surface area contributed by atoms with E-state index in [-0.39, 0.29) is 25.3 Å². The van der Waals surface area contributed by atoms with E-state index in [1.54, 1.807) is 25.6 Å². The number of halogens is 1. The fourth-order valence-corrected chi connectivity index (χ4v) is 4.66. The maximum atomic E-state index is 13.4. The van der Waals surface area contributed by atoms with Gasteiger partial charge in [-0.3, -0.25) is 19.9 Å². The summed E-state index contributed by atoms with van der Waals surface area (Å²) in [5.74, 6) is -0.694. The number of amides is 4. The molecule has 0 saturated carbocycles. The highest BCUT2D eigenvalue weighted by molar-refractivity contribution is 6.07. The molecule has 3 heterocycles. The van der Waals surface area contributed by atoms with E-state index >= 15 is 0 Å². The number of urea groups is 1. The lowest BCUT2D eigenvalue weighted by molar-refractivity contribution is -0.134. The minimum absolute atomic E-state index is 0.0104. The lowest BCUT2D eigenvalue weighted by Gasteiger charge is -2.41. The highest BCUT2D eigenvalue weighted by atomic mass is 19.1. The summed E-state index contributed by atoms with van der Waals surface area (Å²) in [6, 6.07) is 4.56. The normalized spacial score (nSPS) is 24.5. The summed E-state index contributed by atoms with van der Waals surface area (Å²) in [5.41, 5.74) is -2.21. The highest BCUT2D eigenvalue weighted by Crippen LogP contribution is 2.31. The molecule has 1 aromatic carbocycles. The minimum atomic E-state index is -1.47. The maximum absolute atomic E-state index is 13.4. The van der Waals surface area contributed by atoms with Crippen LogP contribution in [0.2, 0.25) is 0 Å². The Kier molecular flexibility index (Phi) is 6.47. The molecule has 34 heavy (non-hydrogen) atoms. The van der Waals surface area contributed by atoms with E-state index in [2.05, 4.69) is 20.6 Å². The number of hydrogen-bond donors (Lipinski definition) is 3. The molecular formula is C23H27FN6O4. The van der Waals surface area contributed by atoms with Gasteiger partial charge in [0.15, 0.2) is 0 Å². The molecule has 1 aromatic heterocycles. The van der Waals surface area contributed by atoms with Crippen molar-refractivity contribution < 1.29 is 23.9 Å². The van der Waals surface area contributed by atoms with Crippen LogP contribution < -0.4 is 15.5 Å². The Balaban J connectivity index is 1.42. The average molecular weight is 471 g/mol. The van der Waals surface area contributed by atoms with Crippen molar-refractivity contribution in [2.24, 2.45) is 0 Å². The van der Waals surface area contributed by atoms with E-state index in [0.29, 0.717) is 24.3 Å². The van der Waals surface area contributed by atoms with Crippen LogP contribution in [-0.4, -0.2) is 70.1 Å². The van der Waals surface area contributed by atoms with Crippen molar-refractivity contribution in [3.63, 3.8) is 0 Å². The molecule has 2 aromatic rings. The van der Waals surface area contributed by atoms with E-state index in [1.165, 1.54) is 29.2 Å². The molecule has 0 bridgehead atoms. The summed E-state index contributed by atoms with van der Waals surface area (Å²) in [7, 11) is 1.60. The van der Waals surface area contributed by atoms with E-state index < -0.39 is 28.9 Å². The van der Waals surface area contributed by atoms with Crippen LogP contribution in [0.4, 0.5) is 15.0 Å². The van der Waals surface area contributed by atoms with E-state index in [1.807, 2.05) is 4.90 Å². The second-order valence-corrected chi connectivity index (χ2v) is 8.88. The first kappa shape index (κ1) is 23.6. The van der Waals surface area contributed by atoms with Gasteiger partial charge in [-0.25, -0.2) is 14.2 Å². The zero-order valence-corrected chi connectivity index (χ0v) is 18.8. The van der Waals surface area contributed by atoms with Gasteiger partial charge >= 0.3 is 6.03 Å². The van der Waals surface area contributed by atoms with Crippen LogP contribution in [-0.2, 0) is 15.1 Å². The quantitative estimate of drug-likeness (QED) is 0.514. The lowest BCUT2D eigenvalue weighted by Crippen LogP contribution is -2.55. The zero-order chi connectivity index (χ0) is 24.3. The Labute approximate surface area is 196 Å². The van der Waals surface area contributed by atoms with Gasteiger partial charge in [0.25, 0.3) is 5.91 Å². The largest absolute Gasteiger partial charge is 0.386 e. The van der Waals surface area contributed by atoms with Crippen LogP contribution in [0.1, 0.15) is 31.2 Å². The fourth-order valence-electron chi connectivity index (χ4n) is 4.66. The predicted molar refractivity (Wildman–Crippen MR) is 120 cm³/mol. The molecule has 10 nitrogen and oxygen atoms in total. The van der Waals surface area contributed by atoms with Crippen molar-refractivity contribution in [2.75, 3.05) is 31.6 Å². The molecule has 2 atom stereocenters. The van der Waals surface area contributed by atoms with Crippen molar-refractivity contribution in [1.82, 2.24) is 25.5 Å². The number of anilines is 1. The Morgan fingerprint density at radius 3 is 2.68 bits per heavy atom. The van der Waals surface area contributed by atoms with Gasteiger partial charge in [0.1, 0.15) is 17.2 Å². The van der Waals surface area contributed by atoms with Crippen LogP contribution >= 0.6 is 0 Å². The molecule has 4 rings (SSSR count). The van der Waals surface area contributed by atoms with Gasteiger partial charge in [-0.15, -0.1) is 0 Å². The Hall–Kier alpha value is -3.60. The standard InChI is InChI=1S/C23H27FN6O4/c1-29(14-22(34)8-2-12-30(15-22)18-13-25-10-11-26-18)19(31)7-9-23(20(32)27-21(33)28-23)16-3-5-17(24)6-4-16/h3-6,10-11,13,34H,2,7-9,12,14-15H2,1H3,(H2,27,28,32,33). The molecule has 2 fully saturated rings. The molecule has 0 spiro atoms. The van der Waals surface area contributed by atoms with Gasteiger partial charge in [0.2, 0.25) is 5.91 Å². The number of likely N-dealkylation sites (N-methyl/N-ethyl adjacent to an activating group) is 1. The third-order valence-corrected chi connectivity index (χ3v) is 6.38. The Morgan fingerprint density at radius 1 is 1.26 bits per heavy atom. The molecule has 3 N–H and O–H groups in total. The Morgan fingerprint density at radius 2 is 2.03 bits per heavy atom. The molecule has 2 saturated heterocycles. The first-order valence-electron chi connectivity index (χ1n) is 11.1. The van der Waals surface area contributed by atoms with Gasteiger partial charge in [0.05, 0.1) is 18.3 Å². The lowest BCUT2D eigenvalue weighted by atomic mass is 9.85. The zero-order valence-electron chi connectivity index (χ0n) is 18.8. The average Bonchev–Trinajstić information content (AvgIpc) is 3.11. The molecule has 2 unspecified atom stereocenters. The molecule has 4 amide bonds. The molecule has 2 aliphatic rings. The van der Waals surface area contributed by atoms with Crippen LogP contribution in [0.5, 0.6) is 0 Å². The number of rotatable bonds is 7. The van der Waals surface area contributed by atoms with Crippen molar-refractivity contribution in [1.29, 1.82) is 0 Å². The number of imide groups is 1. The van der Waals surface area contributed by atoms with Crippen LogP contribution in [0.15, 0.2) is 42.9 Å². The summed E-state index contributed by atoms with van der Waals surface area (Å²) < 4.78 is 13.4. The summed E-state index contributed by atoms with van der Waals surface area (Å²) >= 11 is 0. The van der Waals surface area contributed by atoms with Crippen molar-refractivity contribution in [3.05, 3.63) is 54.2 Å². The molecule has 0 radical (unpaired) electrons. The Bertz CT molecular complexity index is 1070. The second kappa shape index (κ2) is 9.34. The van der Waals surface area contributed by atoms with Gasteiger partial charge in [-0.1, -0.05) is 12.1 Å². The highest BCUT2D eigenvalue weighted by Gasteiger charge is 2.48. The van der Waals surface area contributed by atoms with Gasteiger partial charge < -0.3 is 20.2 Å². The number of hydrogen-bond acceptors (Lipinski definition) is 7. The molecule has 0 aliphatic carbocycles. The molecule has 2 aliphatic heterocycles. The van der Waals surface area contributed by atoms with E-state index in [4.69, 9.17) is 0 Å². The number of nitrogens with zero attached hydrogens (tertiary/aromatic N) is 4. The summed E-state index contributed by atoms with van der Waals surface area (Å²) in [4.78, 5) is 49.2. The smallest absolute Gasteiger partial charge is 0.322 e. The molecular weight excluding hydrogens is 443 g/mol. The summed E-state index contributed by atoms with van der Waals surface area (Å²) in [5, 5.41) is 16.0.